The second-order valence-corrected chi connectivity index (χ2v) is 1.75. The molecule has 1 unspecified atom stereocenters. The first-order valence-electron chi connectivity index (χ1n) is 2.95. The van der Waals surface area contributed by atoms with Gasteiger partial charge in [0.1, 0.15) is 0 Å². The molecule has 1 atom stereocenters. The third kappa shape index (κ3) is 3.05. The van der Waals surface area contributed by atoms with Gasteiger partial charge in [-0.2, -0.15) is 0 Å². The highest BCUT2D eigenvalue weighted by molar-refractivity contribution is 5.80. The molecule has 0 aromatic heterocycles. The molecule has 9 heavy (non-hydrogen) atoms. The Morgan fingerprint density at radius 1 is 1.78 bits per heavy atom. The molecule has 0 aromatic carbocycles. The lowest BCUT2D eigenvalue weighted by molar-refractivity contribution is -0.119. The first-order valence-corrected chi connectivity index (χ1v) is 2.95. The summed E-state index contributed by atoms with van der Waals surface area (Å²) in [6.45, 7) is 2.87. The van der Waals surface area contributed by atoms with Crippen molar-refractivity contribution in [1.82, 2.24) is 5.32 Å². The number of carbonyl (C=O) groups excluding carboxylic acids is 1. The van der Waals surface area contributed by atoms with Crippen molar-refractivity contribution in [3.8, 4) is 0 Å². The molecule has 4 nitrogen and oxygen atoms in total. The van der Waals surface area contributed by atoms with Gasteiger partial charge in [-0.3, -0.25) is 4.79 Å². The van der Waals surface area contributed by atoms with Gasteiger partial charge in [0, 0.05) is 6.54 Å². The van der Waals surface area contributed by atoms with Gasteiger partial charge in [0.15, 0.2) is 0 Å². The lowest BCUT2D eigenvalue weighted by Crippen LogP contribution is -2.46. The number of carbonyl (C=O) groups is 1. The van der Waals surface area contributed by atoms with Crippen molar-refractivity contribution in [2.75, 3.05) is 13.1 Å². The summed E-state index contributed by atoms with van der Waals surface area (Å²) in [5, 5.41) is 2.83. The van der Waals surface area contributed by atoms with Crippen molar-refractivity contribution < 1.29 is 4.79 Å². The molecule has 0 bridgehead atoms. The highest BCUT2D eigenvalue weighted by atomic mass is 16.1. The Kier molecular flexibility index (Phi) is 4.00. The zero-order chi connectivity index (χ0) is 7.28. The second kappa shape index (κ2) is 4.29. The lowest BCUT2D eigenvalue weighted by Gasteiger charge is -2.09. The molecule has 0 rings (SSSR count). The molecule has 0 aliphatic heterocycles. The van der Waals surface area contributed by atoms with E-state index >= 15 is 0 Å². The second-order valence-electron chi connectivity index (χ2n) is 1.75. The first kappa shape index (κ1) is 8.39. The molecular formula is C5H13N3O. The van der Waals surface area contributed by atoms with Gasteiger partial charge in [-0.1, -0.05) is 6.92 Å². The number of rotatable bonds is 4. The van der Waals surface area contributed by atoms with Crippen LogP contribution < -0.4 is 16.8 Å². The topological polar surface area (TPSA) is 81.1 Å². The SMILES string of the molecule is CCNC(CN)C(N)=O. The maximum Gasteiger partial charge on any atom is 0.235 e. The zero-order valence-corrected chi connectivity index (χ0v) is 5.55. The maximum absolute atomic E-state index is 10.4. The minimum atomic E-state index is -0.389. The predicted molar refractivity (Wildman–Crippen MR) is 35.7 cm³/mol. The van der Waals surface area contributed by atoms with Crippen LogP contribution in [0.25, 0.3) is 0 Å². The Morgan fingerprint density at radius 2 is 2.33 bits per heavy atom. The minimum absolute atomic E-state index is 0.267. The average Bonchev–Trinajstić information content (AvgIpc) is 1.82. The van der Waals surface area contributed by atoms with E-state index in [2.05, 4.69) is 5.32 Å². The Bertz CT molecular complexity index is 94.2. The van der Waals surface area contributed by atoms with Crippen LogP contribution in [0, 0.1) is 0 Å². The minimum Gasteiger partial charge on any atom is -0.368 e. The number of hydrogen-bond donors (Lipinski definition) is 3. The van der Waals surface area contributed by atoms with E-state index in [0.29, 0.717) is 6.54 Å². The maximum atomic E-state index is 10.4. The van der Waals surface area contributed by atoms with Gasteiger partial charge in [-0.25, -0.2) is 0 Å². The molecule has 5 N–H and O–H groups in total. The highest BCUT2D eigenvalue weighted by Gasteiger charge is 2.09. The van der Waals surface area contributed by atoms with E-state index < -0.39 is 0 Å². The third-order valence-electron chi connectivity index (χ3n) is 1.03. The average molecular weight is 131 g/mol. The summed E-state index contributed by atoms with van der Waals surface area (Å²) in [5.74, 6) is -0.389. The summed E-state index contributed by atoms with van der Waals surface area (Å²) < 4.78 is 0. The molecule has 0 aromatic rings. The van der Waals surface area contributed by atoms with E-state index in [0.717, 1.165) is 0 Å². The van der Waals surface area contributed by atoms with Gasteiger partial charge >= 0.3 is 0 Å². The van der Waals surface area contributed by atoms with E-state index in [1.165, 1.54) is 0 Å². The summed E-state index contributed by atoms with van der Waals surface area (Å²) in [6.07, 6.45) is 0. The predicted octanol–water partition coefficient (Wildman–Crippen LogP) is -1.59. The van der Waals surface area contributed by atoms with Gasteiger partial charge in [-0.05, 0) is 6.54 Å². The van der Waals surface area contributed by atoms with Crippen molar-refractivity contribution in [1.29, 1.82) is 0 Å². The van der Waals surface area contributed by atoms with Crippen molar-refractivity contribution in [2.24, 2.45) is 11.5 Å². The van der Waals surface area contributed by atoms with E-state index in [1.54, 1.807) is 0 Å². The van der Waals surface area contributed by atoms with Crippen LogP contribution in [0.4, 0.5) is 0 Å². The molecule has 0 aliphatic rings. The Labute approximate surface area is 54.6 Å². The molecule has 0 radical (unpaired) electrons. The summed E-state index contributed by atoms with van der Waals surface area (Å²) >= 11 is 0. The molecule has 0 fully saturated rings. The molecule has 0 spiro atoms. The summed E-state index contributed by atoms with van der Waals surface area (Å²) in [4.78, 5) is 10.4. The summed E-state index contributed by atoms with van der Waals surface area (Å²) in [7, 11) is 0. The number of likely N-dealkylation sites (N-methyl/N-ethyl adjacent to an activating group) is 1. The third-order valence-corrected chi connectivity index (χ3v) is 1.03. The fourth-order valence-electron chi connectivity index (χ4n) is 0.546. The van der Waals surface area contributed by atoms with Crippen LogP contribution in [0.15, 0.2) is 0 Å². The Morgan fingerprint density at radius 3 is 2.44 bits per heavy atom. The van der Waals surface area contributed by atoms with Crippen LogP contribution in [0.2, 0.25) is 0 Å². The van der Waals surface area contributed by atoms with Gasteiger partial charge < -0.3 is 16.8 Å². The molecule has 54 valence electrons. The first-order chi connectivity index (χ1) is 4.22. The largest absolute Gasteiger partial charge is 0.368 e. The quantitative estimate of drug-likeness (QED) is 0.430. The fraction of sp³-hybridized carbons (Fsp3) is 0.800. The molecule has 0 saturated heterocycles. The molecule has 0 aliphatic carbocycles. The molecule has 0 saturated carbocycles. The number of primary amides is 1. The Hall–Kier alpha value is -0.610. The standard InChI is InChI=1S/C5H13N3O/c1-2-8-4(3-6)5(7)9/h4,8H,2-3,6H2,1H3,(H2,7,9). The van der Waals surface area contributed by atoms with Crippen molar-refractivity contribution >= 4 is 5.91 Å². The van der Waals surface area contributed by atoms with E-state index in [1.807, 2.05) is 6.92 Å². The Balaban J connectivity index is 3.54. The summed E-state index contributed by atoms with van der Waals surface area (Å²) in [6, 6.07) is -0.366. The zero-order valence-electron chi connectivity index (χ0n) is 5.55. The molecule has 0 heterocycles. The van der Waals surface area contributed by atoms with Crippen molar-refractivity contribution in [3.63, 3.8) is 0 Å². The van der Waals surface area contributed by atoms with Crippen molar-refractivity contribution in [2.45, 2.75) is 13.0 Å². The van der Waals surface area contributed by atoms with Gasteiger partial charge in [-0.15, -0.1) is 0 Å². The highest BCUT2D eigenvalue weighted by Crippen LogP contribution is 1.74. The number of hydrogen-bond acceptors (Lipinski definition) is 3. The number of nitrogens with two attached hydrogens (primary N) is 2. The van der Waals surface area contributed by atoms with Crippen molar-refractivity contribution in [3.05, 3.63) is 0 Å². The molecule has 1 amide bonds. The van der Waals surface area contributed by atoms with Crippen LogP contribution in [0.5, 0.6) is 0 Å². The molecule has 4 heteroatoms. The van der Waals surface area contributed by atoms with E-state index in [4.69, 9.17) is 11.5 Å². The van der Waals surface area contributed by atoms with Crippen LogP contribution in [-0.2, 0) is 4.79 Å². The smallest absolute Gasteiger partial charge is 0.235 e. The number of nitrogens with one attached hydrogen (secondary N) is 1. The fourth-order valence-corrected chi connectivity index (χ4v) is 0.546. The van der Waals surface area contributed by atoms with Crippen LogP contribution >= 0.6 is 0 Å². The molecular weight excluding hydrogens is 118 g/mol. The van der Waals surface area contributed by atoms with Crippen LogP contribution in [-0.4, -0.2) is 25.0 Å². The monoisotopic (exact) mass is 131 g/mol. The van der Waals surface area contributed by atoms with Gasteiger partial charge in [0.05, 0.1) is 6.04 Å². The van der Waals surface area contributed by atoms with E-state index in [-0.39, 0.29) is 18.5 Å². The van der Waals surface area contributed by atoms with Gasteiger partial charge in [0.2, 0.25) is 5.91 Å². The normalized spacial score (nSPS) is 13.1. The van der Waals surface area contributed by atoms with Crippen LogP contribution in [0.1, 0.15) is 6.92 Å². The van der Waals surface area contributed by atoms with E-state index in [9.17, 15) is 4.79 Å². The van der Waals surface area contributed by atoms with Gasteiger partial charge in [0.25, 0.3) is 0 Å². The van der Waals surface area contributed by atoms with Crippen LogP contribution in [0.3, 0.4) is 0 Å². The summed E-state index contributed by atoms with van der Waals surface area (Å²) in [5.41, 5.74) is 10.1. The lowest BCUT2D eigenvalue weighted by atomic mass is 10.3. The number of amides is 1.